The Morgan fingerprint density at radius 2 is 1.87 bits per heavy atom. The molecule has 2 rings (SSSR count). The van der Waals surface area contributed by atoms with Crippen molar-refractivity contribution in [2.24, 2.45) is 0 Å². The number of phenolic OH excluding ortho intramolecular Hbond substituents is 1. The number of ether oxygens (including phenoxy) is 3. The van der Waals surface area contributed by atoms with E-state index in [2.05, 4.69) is 0 Å². The van der Waals surface area contributed by atoms with E-state index in [1.807, 2.05) is 0 Å². The van der Waals surface area contributed by atoms with E-state index in [1.54, 1.807) is 12.1 Å². The maximum atomic E-state index is 9.83. The van der Waals surface area contributed by atoms with Crippen molar-refractivity contribution >= 4 is 0 Å². The molecule has 0 saturated carbocycles. The van der Waals surface area contributed by atoms with Gasteiger partial charge in [0.15, 0.2) is 17.8 Å². The van der Waals surface area contributed by atoms with Crippen LogP contribution in [0.25, 0.3) is 0 Å². The van der Waals surface area contributed by atoms with Crippen LogP contribution in [0.3, 0.4) is 0 Å². The Hall–Kier alpha value is -1.42. The van der Waals surface area contributed by atoms with E-state index in [9.17, 15) is 20.4 Å². The molecular formula is C15H22O8. The zero-order valence-electron chi connectivity index (χ0n) is 12.7. The van der Waals surface area contributed by atoms with E-state index in [0.717, 1.165) is 5.56 Å². The number of rotatable bonds is 6. The van der Waals surface area contributed by atoms with Gasteiger partial charge in [-0.1, -0.05) is 6.07 Å². The van der Waals surface area contributed by atoms with Gasteiger partial charge in [0.25, 0.3) is 0 Å². The number of aromatic hydroxyl groups is 1. The predicted molar refractivity (Wildman–Crippen MR) is 78.1 cm³/mol. The number of phenols is 1. The van der Waals surface area contributed by atoms with Crippen LogP contribution >= 0.6 is 0 Å². The van der Waals surface area contributed by atoms with Crippen LogP contribution in [0.1, 0.15) is 5.56 Å². The smallest absolute Gasteiger partial charge is 0.186 e. The van der Waals surface area contributed by atoms with E-state index in [-0.39, 0.29) is 12.4 Å². The largest absolute Gasteiger partial charge is 0.504 e. The van der Waals surface area contributed by atoms with Crippen molar-refractivity contribution in [3.63, 3.8) is 0 Å². The highest BCUT2D eigenvalue weighted by atomic mass is 16.7. The summed E-state index contributed by atoms with van der Waals surface area (Å²) in [5, 5.41) is 47.9. The normalized spacial score (nSPS) is 31.1. The molecule has 5 atom stereocenters. The number of hydrogen-bond donors (Lipinski definition) is 5. The average Bonchev–Trinajstić information content (AvgIpc) is 2.55. The minimum atomic E-state index is -1.46. The Morgan fingerprint density at radius 3 is 2.48 bits per heavy atom. The van der Waals surface area contributed by atoms with Gasteiger partial charge in [-0.3, -0.25) is 0 Å². The zero-order valence-corrected chi connectivity index (χ0v) is 12.7. The van der Waals surface area contributed by atoms with Crippen molar-refractivity contribution < 1.29 is 39.7 Å². The first-order valence-electron chi connectivity index (χ1n) is 7.26. The molecule has 0 amide bonds. The van der Waals surface area contributed by atoms with Crippen LogP contribution in [0, 0.1) is 0 Å². The Morgan fingerprint density at radius 1 is 1.13 bits per heavy atom. The second-order valence-corrected chi connectivity index (χ2v) is 5.32. The second-order valence-electron chi connectivity index (χ2n) is 5.32. The third-order valence-corrected chi connectivity index (χ3v) is 3.76. The van der Waals surface area contributed by atoms with Crippen molar-refractivity contribution in [2.75, 3.05) is 20.3 Å². The second kappa shape index (κ2) is 7.91. The van der Waals surface area contributed by atoms with Gasteiger partial charge < -0.3 is 39.7 Å². The molecule has 1 aliphatic rings. The number of aliphatic hydroxyl groups excluding tert-OH is 4. The van der Waals surface area contributed by atoms with Gasteiger partial charge in [0, 0.05) is 0 Å². The number of methoxy groups -OCH3 is 1. The summed E-state index contributed by atoms with van der Waals surface area (Å²) in [7, 11) is 1.46. The summed E-state index contributed by atoms with van der Waals surface area (Å²) in [5.74, 6) is 0.376. The lowest BCUT2D eigenvalue weighted by Gasteiger charge is -2.39. The van der Waals surface area contributed by atoms with Crippen molar-refractivity contribution in [2.45, 2.75) is 37.1 Å². The molecule has 130 valence electrons. The Balaban J connectivity index is 1.89. The highest BCUT2D eigenvalue weighted by Crippen LogP contribution is 2.27. The standard InChI is InChI=1S/C15H22O8/c1-21-10-3-2-8(6-9(10)17)4-5-22-15-14(20)13(19)12(18)11(7-16)23-15/h2-3,6,11-20H,4-5,7H2,1H3/t11-,12-,13+,14-,15-/m1/s1. The molecule has 23 heavy (non-hydrogen) atoms. The zero-order chi connectivity index (χ0) is 17.0. The summed E-state index contributed by atoms with van der Waals surface area (Å²) in [6.45, 7) is -0.356. The first-order valence-corrected chi connectivity index (χ1v) is 7.26. The molecule has 1 aliphatic heterocycles. The fraction of sp³-hybridized carbons (Fsp3) is 0.600. The van der Waals surface area contributed by atoms with Crippen LogP contribution in [0.5, 0.6) is 11.5 Å². The van der Waals surface area contributed by atoms with Gasteiger partial charge in [-0.2, -0.15) is 0 Å². The SMILES string of the molecule is COc1ccc(CCO[C@@H]2O[C@H](CO)[C@@H](O)[C@H](O)[C@H]2O)cc1O. The van der Waals surface area contributed by atoms with Crippen LogP contribution in [0.15, 0.2) is 18.2 Å². The van der Waals surface area contributed by atoms with Gasteiger partial charge in [-0.05, 0) is 24.1 Å². The molecular weight excluding hydrogens is 308 g/mol. The topological polar surface area (TPSA) is 129 Å². The van der Waals surface area contributed by atoms with E-state index < -0.39 is 37.3 Å². The van der Waals surface area contributed by atoms with Gasteiger partial charge >= 0.3 is 0 Å². The van der Waals surface area contributed by atoms with E-state index in [4.69, 9.17) is 19.3 Å². The average molecular weight is 330 g/mol. The summed E-state index contributed by atoms with van der Waals surface area (Å²) >= 11 is 0. The molecule has 5 N–H and O–H groups in total. The van der Waals surface area contributed by atoms with Crippen molar-refractivity contribution in [1.82, 2.24) is 0 Å². The molecule has 1 fully saturated rings. The first kappa shape index (κ1) is 17.9. The minimum Gasteiger partial charge on any atom is -0.504 e. The highest BCUT2D eigenvalue weighted by molar-refractivity contribution is 5.41. The van der Waals surface area contributed by atoms with Gasteiger partial charge in [-0.15, -0.1) is 0 Å². The van der Waals surface area contributed by atoms with Gasteiger partial charge in [-0.25, -0.2) is 0 Å². The Bertz CT molecular complexity index is 506. The summed E-state index contributed by atoms with van der Waals surface area (Å²) in [5.41, 5.74) is 0.785. The van der Waals surface area contributed by atoms with Crippen LogP contribution in [-0.2, 0) is 15.9 Å². The van der Waals surface area contributed by atoms with Crippen LogP contribution in [-0.4, -0.2) is 76.6 Å². The number of hydrogen-bond acceptors (Lipinski definition) is 8. The maximum absolute atomic E-state index is 9.83. The van der Waals surface area contributed by atoms with Crippen molar-refractivity contribution in [3.05, 3.63) is 23.8 Å². The van der Waals surface area contributed by atoms with Gasteiger partial charge in [0.2, 0.25) is 0 Å². The quantitative estimate of drug-likeness (QED) is 0.438. The Kier molecular flexibility index (Phi) is 6.17. The summed E-state index contributed by atoms with van der Waals surface area (Å²) in [6, 6.07) is 4.92. The van der Waals surface area contributed by atoms with Crippen LogP contribution in [0.2, 0.25) is 0 Å². The van der Waals surface area contributed by atoms with E-state index in [0.29, 0.717) is 12.2 Å². The molecule has 8 nitrogen and oxygen atoms in total. The van der Waals surface area contributed by atoms with Crippen LogP contribution in [0.4, 0.5) is 0 Å². The van der Waals surface area contributed by atoms with E-state index in [1.165, 1.54) is 13.2 Å². The minimum absolute atomic E-state index is 0.0119. The molecule has 1 heterocycles. The van der Waals surface area contributed by atoms with Crippen molar-refractivity contribution in [1.29, 1.82) is 0 Å². The molecule has 1 aromatic carbocycles. The third kappa shape index (κ3) is 4.11. The lowest BCUT2D eigenvalue weighted by atomic mass is 9.99. The number of benzene rings is 1. The number of aliphatic hydroxyl groups is 4. The fourth-order valence-electron chi connectivity index (χ4n) is 2.39. The fourth-order valence-corrected chi connectivity index (χ4v) is 2.39. The van der Waals surface area contributed by atoms with Gasteiger partial charge in [0.05, 0.1) is 20.3 Å². The summed E-state index contributed by atoms with van der Waals surface area (Å²) in [4.78, 5) is 0. The Labute approximate surface area is 133 Å². The first-order chi connectivity index (χ1) is 11.0. The molecule has 0 bridgehead atoms. The molecule has 0 aromatic heterocycles. The van der Waals surface area contributed by atoms with Crippen molar-refractivity contribution in [3.8, 4) is 11.5 Å². The molecule has 1 aromatic rings. The lowest BCUT2D eigenvalue weighted by Crippen LogP contribution is -2.59. The molecule has 0 spiro atoms. The molecule has 8 heteroatoms. The maximum Gasteiger partial charge on any atom is 0.186 e. The third-order valence-electron chi connectivity index (χ3n) is 3.76. The summed E-state index contributed by atoms with van der Waals surface area (Å²) < 4.78 is 15.6. The molecule has 0 radical (unpaired) electrons. The van der Waals surface area contributed by atoms with E-state index >= 15 is 0 Å². The summed E-state index contributed by atoms with van der Waals surface area (Å²) in [6.07, 6.45) is -6.02. The molecule has 0 unspecified atom stereocenters. The monoisotopic (exact) mass is 330 g/mol. The molecule has 1 saturated heterocycles. The lowest BCUT2D eigenvalue weighted by molar-refractivity contribution is -0.300. The predicted octanol–water partition coefficient (Wildman–Crippen LogP) is -1.24. The van der Waals surface area contributed by atoms with Gasteiger partial charge in [0.1, 0.15) is 24.4 Å². The molecule has 0 aliphatic carbocycles. The van der Waals surface area contributed by atoms with Crippen LogP contribution < -0.4 is 4.74 Å². The highest BCUT2D eigenvalue weighted by Gasteiger charge is 2.43.